The van der Waals surface area contributed by atoms with Crippen LogP contribution in [0.2, 0.25) is 0 Å². The van der Waals surface area contributed by atoms with Gasteiger partial charge in [0.25, 0.3) is 0 Å². The zero-order chi connectivity index (χ0) is 16.5. The molecule has 0 aliphatic heterocycles. The van der Waals surface area contributed by atoms with Gasteiger partial charge >= 0.3 is 0 Å². The fourth-order valence-corrected chi connectivity index (χ4v) is 2.35. The third-order valence-electron chi connectivity index (χ3n) is 3.63. The first kappa shape index (κ1) is 20.3. The molecule has 0 bridgehead atoms. The fraction of sp³-hybridized carbons (Fsp3) is 0.316. The van der Waals surface area contributed by atoms with Crippen molar-refractivity contribution in [3.05, 3.63) is 65.2 Å². The molecule has 0 aliphatic rings. The number of hydrogen-bond donors (Lipinski definition) is 2. The van der Waals surface area contributed by atoms with Gasteiger partial charge in [-0.1, -0.05) is 42.0 Å². The Bertz CT molecular complexity index is 641. The van der Waals surface area contributed by atoms with E-state index in [1.165, 1.54) is 16.7 Å². The molecule has 0 aromatic heterocycles. The van der Waals surface area contributed by atoms with Crippen LogP contribution in [0.3, 0.4) is 0 Å². The highest BCUT2D eigenvalue weighted by Gasteiger charge is 1.99. The predicted octanol–water partition coefficient (Wildman–Crippen LogP) is 3.53. The normalized spacial score (nSPS) is 10.7. The topological polar surface area (TPSA) is 45.7 Å². The lowest BCUT2D eigenvalue weighted by atomic mass is 10.1. The molecule has 2 aromatic rings. The van der Waals surface area contributed by atoms with E-state index < -0.39 is 0 Å². The van der Waals surface area contributed by atoms with E-state index in [0.717, 1.165) is 31.2 Å². The summed E-state index contributed by atoms with van der Waals surface area (Å²) in [5, 5.41) is 6.68. The number of methoxy groups -OCH3 is 1. The molecule has 0 spiro atoms. The molecular formula is C19H26IN3O. The molecule has 0 amide bonds. The van der Waals surface area contributed by atoms with E-state index in [1.54, 1.807) is 14.2 Å². The Morgan fingerprint density at radius 3 is 2.42 bits per heavy atom. The Hall–Kier alpha value is -1.76. The molecule has 0 atom stereocenters. The quantitative estimate of drug-likeness (QED) is 0.411. The maximum Gasteiger partial charge on any atom is 0.191 e. The molecule has 0 radical (unpaired) electrons. The minimum atomic E-state index is 0. The number of rotatable bonds is 6. The number of nitrogens with one attached hydrogen (secondary N) is 2. The second-order valence-corrected chi connectivity index (χ2v) is 5.44. The Balaban J connectivity index is 0.00000288. The lowest BCUT2D eigenvalue weighted by molar-refractivity contribution is 0.414. The smallest absolute Gasteiger partial charge is 0.191 e. The van der Waals surface area contributed by atoms with Crippen molar-refractivity contribution in [1.29, 1.82) is 0 Å². The number of aliphatic imine (C=N–C) groups is 1. The van der Waals surface area contributed by atoms with Crippen molar-refractivity contribution < 1.29 is 4.74 Å². The number of ether oxygens (including phenoxy) is 1. The third kappa shape index (κ3) is 6.78. The minimum absolute atomic E-state index is 0. The zero-order valence-corrected chi connectivity index (χ0v) is 16.8. The van der Waals surface area contributed by atoms with Gasteiger partial charge in [0.2, 0.25) is 0 Å². The number of benzene rings is 2. The van der Waals surface area contributed by atoms with Gasteiger partial charge in [-0.05, 0) is 36.6 Å². The van der Waals surface area contributed by atoms with Crippen LogP contribution in [0.15, 0.2) is 53.5 Å². The minimum Gasteiger partial charge on any atom is -0.497 e. The summed E-state index contributed by atoms with van der Waals surface area (Å²) in [6.07, 6.45) is 0.940. The average molecular weight is 439 g/mol. The maximum atomic E-state index is 5.17. The van der Waals surface area contributed by atoms with Crippen LogP contribution in [0, 0.1) is 6.92 Å². The second kappa shape index (κ2) is 10.9. The number of nitrogens with zero attached hydrogens (tertiary/aromatic N) is 1. The second-order valence-electron chi connectivity index (χ2n) is 5.44. The van der Waals surface area contributed by atoms with E-state index in [9.17, 15) is 0 Å². The van der Waals surface area contributed by atoms with Crippen LogP contribution in [0.25, 0.3) is 0 Å². The summed E-state index contributed by atoms with van der Waals surface area (Å²) in [6.45, 7) is 3.70. The van der Waals surface area contributed by atoms with Crippen molar-refractivity contribution in [3.63, 3.8) is 0 Å². The molecule has 2 rings (SSSR count). The molecule has 0 saturated carbocycles. The Labute approximate surface area is 161 Å². The lowest BCUT2D eigenvalue weighted by Gasteiger charge is -2.12. The molecule has 130 valence electrons. The first-order valence-corrected chi connectivity index (χ1v) is 7.84. The Morgan fingerprint density at radius 2 is 1.79 bits per heavy atom. The SMILES string of the molecule is CN=C(NCCc1ccc(OC)cc1)NCc1cccc(C)c1.I. The first-order chi connectivity index (χ1) is 11.2. The van der Waals surface area contributed by atoms with Crippen LogP contribution in [-0.2, 0) is 13.0 Å². The Morgan fingerprint density at radius 1 is 1.04 bits per heavy atom. The summed E-state index contributed by atoms with van der Waals surface area (Å²) in [5.41, 5.74) is 3.79. The summed E-state index contributed by atoms with van der Waals surface area (Å²) in [4.78, 5) is 4.26. The van der Waals surface area contributed by atoms with Gasteiger partial charge in [-0.25, -0.2) is 0 Å². The largest absolute Gasteiger partial charge is 0.497 e. The molecular weight excluding hydrogens is 413 g/mol. The number of halogens is 1. The van der Waals surface area contributed by atoms with Gasteiger partial charge in [0, 0.05) is 20.1 Å². The summed E-state index contributed by atoms with van der Waals surface area (Å²) in [7, 11) is 3.47. The molecule has 0 unspecified atom stereocenters. The highest BCUT2D eigenvalue weighted by molar-refractivity contribution is 14.0. The first-order valence-electron chi connectivity index (χ1n) is 7.84. The molecule has 0 aliphatic carbocycles. The molecule has 0 heterocycles. The van der Waals surface area contributed by atoms with Gasteiger partial charge in [-0.15, -0.1) is 24.0 Å². The summed E-state index contributed by atoms with van der Waals surface area (Å²) in [6, 6.07) is 16.6. The summed E-state index contributed by atoms with van der Waals surface area (Å²) in [5.74, 6) is 1.71. The van der Waals surface area contributed by atoms with Gasteiger partial charge < -0.3 is 15.4 Å². The monoisotopic (exact) mass is 439 g/mol. The van der Waals surface area contributed by atoms with Crippen molar-refractivity contribution in [2.75, 3.05) is 20.7 Å². The van der Waals surface area contributed by atoms with Crippen LogP contribution >= 0.6 is 24.0 Å². The van der Waals surface area contributed by atoms with Crippen LogP contribution in [-0.4, -0.2) is 26.7 Å². The van der Waals surface area contributed by atoms with E-state index in [4.69, 9.17) is 4.74 Å². The summed E-state index contributed by atoms with van der Waals surface area (Å²) < 4.78 is 5.17. The van der Waals surface area contributed by atoms with Crippen LogP contribution in [0.5, 0.6) is 5.75 Å². The van der Waals surface area contributed by atoms with E-state index in [1.807, 2.05) is 12.1 Å². The number of guanidine groups is 1. The fourth-order valence-electron chi connectivity index (χ4n) is 2.35. The van der Waals surface area contributed by atoms with Crippen molar-refractivity contribution in [2.45, 2.75) is 19.9 Å². The molecule has 2 N–H and O–H groups in total. The average Bonchev–Trinajstić information content (AvgIpc) is 2.58. The number of aryl methyl sites for hydroxylation is 1. The standard InChI is InChI=1S/C19H25N3O.HI/c1-15-5-4-6-17(13-15)14-22-19(20-2)21-12-11-16-7-9-18(23-3)10-8-16;/h4-10,13H,11-12,14H2,1-3H3,(H2,20,21,22);1H. The zero-order valence-electron chi connectivity index (χ0n) is 14.5. The van der Waals surface area contributed by atoms with E-state index in [0.29, 0.717) is 0 Å². The Kier molecular flexibility index (Phi) is 9.22. The summed E-state index contributed by atoms with van der Waals surface area (Å²) >= 11 is 0. The van der Waals surface area contributed by atoms with Gasteiger partial charge in [0.15, 0.2) is 5.96 Å². The molecule has 0 fully saturated rings. The van der Waals surface area contributed by atoms with Crippen molar-refractivity contribution in [1.82, 2.24) is 10.6 Å². The third-order valence-corrected chi connectivity index (χ3v) is 3.63. The van der Waals surface area contributed by atoms with E-state index in [-0.39, 0.29) is 24.0 Å². The van der Waals surface area contributed by atoms with Crippen molar-refractivity contribution in [3.8, 4) is 5.75 Å². The maximum absolute atomic E-state index is 5.17. The van der Waals surface area contributed by atoms with Crippen LogP contribution < -0.4 is 15.4 Å². The molecule has 5 heteroatoms. The predicted molar refractivity (Wildman–Crippen MR) is 111 cm³/mol. The van der Waals surface area contributed by atoms with Gasteiger partial charge in [-0.3, -0.25) is 4.99 Å². The lowest BCUT2D eigenvalue weighted by Crippen LogP contribution is -2.37. The molecule has 0 saturated heterocycles. The van der Waals surface area contributed by atoms with E-state index in [2.05, 4.69) is 58.9 Å². The van der Waals surface area contributed by atoms with Gasteiger partial charge in [0.05, 0.1) is 7.11 Å². The highest BCUT2D eigenvalue weighted by atomic mass is 127. The number of hydrogen-bond acceptors (Lipinski definition) is 2. The van der Waals surface area contributed by atoms with Crippen LogP contribution in [0.1, 0.15) is 16.7 Å². The highest BCUT2D eigenvalue weighted by Crippen LogP contribution is 2.11. The molecule has 4 nitrogen and oxygen atoms in total. The van der Waals surface area contributed by atoms with Gasteiger partial charge in [-0.2, -0.15) is 0 Å². The molecule has 2 aromatic carbocycles. The van der Waals surface area contributed by atoms with Crippen LogP contribution in [0.4, 0.5) is 0 Å². The van der Waals surface area contributed by atoms with E-state index >= 15 is 0 Å². The molecule has 24 heavy (non-hydrogen) atoms. The van der Waals surface area contributed by atoms with Crippen molar-refractivity contribution >= 4 is 29.9 Å². The van der Waals surface area contributed by atoms with Gasteiger partial charge in [0.1, 0.15) is 5.75 Å². The van der Waals surface area contributed by atoms with Crippen molar-refractivity contribution in [2.24, 2.45) is 4.99 Å².